The van der Waals surface area contributed by atoms with Crippen molar-refractivity contribution in [3.63, 3.8) is 0 Å². The van der Waals surface area contributed by atoms with Crippen LogP contribution < -0.4 is 4.90 Å². The third-order valence-electron chi connectivity index (χ3n) is 3.45. The lowest BCUT2D eigenvalue weighted by Gasteiger charge is -2.22. The first-order valence-electron chi connectivity index (χ1n) is 6.42. The van der Waals surface area contributed by atoms with Gasteiger partial charge in [0.15, 0.2) is 9.84 Å². The number of fused-ring (bicyclic) bond motifs is 1. The molecule has 0 saturated carbocycles. The number of benzene rings is 1. The van der Waals surface area contributed by atoms with Gasteiger partial charge in [-0.3, -0.25) is 9.59 Å². The lowest BCUT2D eigenvalue weighted by molar-refractivity contribution is -0.114. The minimum absolute atomic E-state index is 0.0428. The number of nitrogens with zero attached hydrogens (tertiary/aromatic N) is 1. The van der Waals surface area contributed by atoms with Gasteiger partial charge in [-0.05, 0) is 39.0 Å². The van der Waals surface area contributed by atoms with E-state index in [-0.39, 0.29) is 17.9 Å². The molecule has 1 heterocycles. The molecule has 1 amide bonds. The molecule has 1 aromatic carbocycles. The van der Waals surface area contributed by atoms with E-state index < -0.39 is 26.3 Å². The zero-order valence-electron chi connectivity index (χ0n) is 12.0. The van der Waals surface area contributed by atoms with Crippen LogP contribution in [0.3, 0.4) is 0 Å². The van der Waals surface area contributed by atoms with Crippen LogP contribution in [0.25, 0.3) is 0 Å². The fraction of sp³-hybridized carbons (Fsp3) is 0.429. The minimum atomic E-state index is -3.37. The van der Waals surface area contributed by atoms with Crippen LogP contribution in [0.5, 0.6) is 0 Å². The molecule has 2 rings (SSSR count). The maximum absolute atomic E-state index is 12.1. The summed E-state index contributed by atoms with van der Waals surface area (Å²) in [6.07, 6.45) is 0. The van der Waals surface area contributed by atoms with E-state index in [0.717, 1.165) is 0 Å². The number of carbonyl (C=O) groups excluding carboxylic acids is 2. The Morgan fingerprint density at radius 3 is 2.38 bits per heavy atom. The summed E-state index contributed by atoms with van der Waals surface area (Å²) in [5.41, 5.74) is 0.638. The highest BCUT2D eigenvalue weighted by molar-refractivity contribution is 7.92. The summed E-state index contributed by atoms with van der Waals surface area (Å²) in [4.78, 5) is 25.1. The Morgan fingerprint density at radius 1 is 1.19 bits per heavy atom. The molecule has 0 atom stereocenters. The first-order chi connectivity index (χ1) is 9.54. The average Bonchev–Trinajstić information content (AvgIpc) is 2.59. The van der Waals surface area contributed by atoms with Crippen molar-refractivity contribution in [1.82, 2.24) is 0 Å². The van der Waals surface area contributed by atoms with Crippen LogP contribution in [0.4, 0.5) is 5.69 Å². The third kappa shape index (κ3) is 2.82. The fourth-order valence-electron chi connectivity index (χ4n) is 2.01. The van der Waals surface area contributed by atoms with Crippen molar-refractivity contribution in [2.75, 3.05) is 17.2 Å². The number of anilines is 1. The summed E-state index contributed by atoms with van der Waals surface area (Å²) in [6, 6.07) is 4.55. The molecule has 7 heteroatoms. The normalized spacial score (nSPS) is 15.5. The highest BCUT2D eigenvalue weighted by atomic mass is 35.5. The van der Waals surface area contributed by atoms with Gasteiger partial charge in [0.25, 0.3) is 11.7 Å². The van der Waals surface area contributed by atoms with Gasteiger partial charge in [0.05, 0.1) is 21.8 Å². The van der Waals surface area contributed by atoms with E-state index in [1.807, 2.05) is 0 Å². The number of carbonyl (C=O) groups is 2. The SMILES string of the molecule is CC(C)(C)S(=O)(=O)CCN1C(=O)C(=O)c2cc(Cl)ccc21. The topological polar surface area (TPSA) is 71.5 Å². The van der Waals surface area contributed by atoms with E-state index in [1.165, 1.54) is 11.0 Å². The zero-order valence-corrected chi connectivity index (χ0v) is 13.6. The molecule has 0 aromatic heterocycles. The van der Waals surface area contributed by atoms with Crippen molar-refractivity contribution in [3.8, 4) is 0 Å². The summed E-state index contributed by atoms with van der Waals surface area (Å²) in [5.74, 6) is -1.56. The Labute approximate surface area is 128 Å². The molecule has 0 bridgehead atoms. The molecule has 0 aliphatic carbocycles. The molecule has 0 unspecified atom stereocenters. The van der Waals surface area contributed by atoms with Crippen molar-refractivity contribution < 1.29 is 18.0 Å². The van der Waals surface area contributed by atoms with E-state index >= 15 is 0 Å². The number of hydrogen-bond donors (Lipinski definition) is 0. The van der Waals surface area contributed by atoms with Crippen molar-refractivity contribution >= 4 is 38.8 Å². The van der Waals surface area contributed by atoms with Crippen molar-refractivity contribution in [3.05, 3.63) is 28.8 Å². The van der Waals surface area contributed by atoms with Crippen LogP contribution in [0.2, 0.25) is 5.02 Å². The smallest absolute Gasteiger partial charge is 0.299 e. The van der Waals surface area contributed by atoms with Gasteiger partial charge in [-0.2, -0.15) is 0 Å². The van der Waals surface area contributed by atoms with Crippen LogP contribution in [0, 0.1) is 0 Å². The van der Waals surface area contributed by atoms with Gasteiger partial charge in [-0.15, -0.1) is 0 Å². The van der Waals surface area contributed by atoms with Gasteiger partial charge in [-0.25, -0.2) is 8.42 Å². The molecule has 1 aliphatic rings. The number of ketones is 1. The van der Waals surface area contributed by atoms with Crippen LogP contribution in [0.1, 0.15) is 31.1 Å². The number of rotatable bonds is 3. The Kier molecular flexibility index (Phi) is 3.88. The highest BCUT2D eigenvalue weighted by Gasteiger charge is 2.37. The summed E-state index contributed by atoms with van der Waals surface area (Å²) in [5, 5.41) is 0.360. The summed E-state index contributed by atoms with van der Waals surface area (Å²) in [6.45, 7) is 4.77. The summed E-state index contributed by atoms with van der Waals surface area (Å²) >= 11 is 5.82. The predicted octanol–water partition coefficient (Wildman–Crippen LogP) is 2.08. The molecule has 5 nitrogen and oxygen atoms in total. The van der Waals surface area contributed by atoms with Crippen LogP contribution >= 0.6 is 11.6 Å². The number of amides is 1. The maximum Gasteiger partial charge on any atom is 0.299 e. The standard InChI is InChI=1S/C14H16ClNO4S/c1-14(2,3)21(19,20)7-6-16-11-5-4-9(15)8-10(11)12(17)13(16)18/h4-5,8H,6-7H2,1-3H3. The van der Waals surface area contributed by atoms with E-state index in [4.69, 9.17) is 11.6 Å². The molecule has 21 heavy (non-hydrogen) atoms. The van der Waals surface area contributed by atoms with Gasteiger partial charge < -0.3 is 4.90 Å². The average molecular weight is 330 g/mol. The van der Waals surface area contributed by atoms with Crippen molar-refractivity contribution in [1.29, 1.82) is 0 Å². The van der Waals surface area contributed by atoms with Crippen LogP contribution in [-0.2, 0) is 14.6 Å². The third-order valence-corrected chi connectivity index (χ3v) is 6.27. The molecule has 1 aromatic rings. The van der Waals surface area contributed by atoms with E-state index in [9.17, 15) is 18.0 Å². The van der Waals surface area contributed by atoms with Gasteiger partial charge >= 0.3 is 0 Å². The maximum atomic E-state index is 12.1. The molecule has 0 radical (unpaired) electrons. The largest absolute Gasteiger partial charge is 0.304 e. The Bertz CT molecular complexity index is 719. The molecule has 0 saturated heterocycles. The molecular weight excluding hydrogens is 314 g/mol. The lowest BCUT2D eigenvalue weighted by atomic mass is 10.1. The fourth-order valence-corrected chi connectivity index (χ4v) is 3.22. The second kappa shape index (κ2) is 5.10. The minimum Gasteiger partial charge on any atom is -0.304 e. The molecular formula is C14H16ClNO4S. The summed E-state index contributed by atoms with van der Waals surface area (Å²) in [7, 11) is -3.37. The molecule has 1 aliphatic heterocycles. The zero-order chi connectivity index (χ0) is 16.0. The lowest BCUT2D eigenvalue weighted by Crippen LogP contribution is -2.38. The van der Waals surface area contributed by atoms with E-state index in [2.05, 4.69) is 0 Å². The predicted molar refractivity (Wildman–Crippen MR) is 81.7 cm³/mol. The monoisotopic (exact) mass is 329 g/mol. The van der Waals surface area contributed by atoms with Crippen LogP contribution in [0.15, 0.2) is 18.2 Å². The van der Waals surface area contributed by atoms with Crippen molar-refractivity contribution in [2.24, 2.45) is 0 Å². The molecule has 114 valence electrons. The number of halogens is 1. The first kappa shape index (κ1) is 16.0. The van der Waals surface area contributed by atoms with E-state index in [1.54, 1.807) is 32.9 Å². The molecule has 0 N–H and O–H groups in total. The Balaban J connectivity index is 2.28. The van der Waals surface area contributed by atoms with Gasteiger partial charge in [0.2, 0.25) is 0 Å². The molecule has 0 fully saturated rings. The second-order valence-electron chi connectivity index (χ2n) is 5.88. The highest BCUT2D eigenvalue weighted by Crippen LogP contribution is 2.31. The quantitative estimate of drug-likeness (QED) is 0.796. The summed E-state index contributed by atoms with van der Waals surface area (Å²) < 4.78 is 23.3. The Hall–Kier alpha value is -1.40. The second-order valence-corrected chi connectivity index (χ2v) is 9.18. The van der Waals surface area contributed by atoms with Gasteiger partial charge in [0.1, 0.15) is 0 Å². The van der Waals surface area contributed by atoms with E-state index in [0.29, 0.717) is 10.7 Å². The van der Waals surface area contributed by atoms with Gasteiger partial charge in [-0.1, -0.05) is 11.6 Å². The first-order valence-corrected chi connectivity index (χ1v) is 8.46. The van der Waals surface area contributed by atoms with Gasteiger partial charge in [0, 0.05) is 11.6 Å². The Morgan fingerprint density at radius 2 is 1.81 bits per heavy atom. The number of sulfone groups is 1. The molecule has 0 spiro atoms. The van der Waals surface area contributed by atoms with Crippen LogP contribution in [-0.4, -0.2) is 37.2 Å². The van der Waals surface area contributed by atoms with Crippen molar-refractivity contribution in [2.45, 2.75) is 25.5 Å². The number of hydrogen-bond acceptors (Lipinski definition) is 4. The number of Topliss-reactive ketones (excluding diaryl/α,β-unsaturated/α-hetero) is 1.